The van der Waals surface area contributed by atoms with Crippen LogP contribution in [0, 0.1) is 6.92 Å². The molecule has 0 spiro atoms. The van der Waals surface area contributed by atoms with E-state index in [1.165, 1.54) is 0 Å². The Morgan fingerprint density at radius 3 is 2.95 bits per heavy atom. The molecule has 1 unspecified atom stereocenters. The molecule has 1 aliphatic heterocycles. The minimum Gasteiger partial charge on any atom is -0.491 e. The van der Waals surface area contributed by atoms with Crippen LogP contribution >= 0.6 is 11.6 Å². The first kappa shape index (κ1) is 14.6. The lowest BCUT2D eigenvalue weighted by Gasteiger charge is -2.12. The Kier molecular flexibility index (Phi) is 4.71. The zero-order valence-corrected chi connectivity index (χ0v) is 12.4. The zero-order chi connectivity index (χ0) is 13.9. The highest BCUT2D eigenvalue weighted by atomic mass is 35.5. The molecule has 0 saturated carbocycles. The number of sulfone groups is 1. The standard InChI is InChI=1S/C13H18ClNO3S/c1-10-2-3-12(14)13(8-10)18-6-5-15-11-4-7-19(16,17)9-11/h2-3,8,11,15H,4-7,9H2,1H3. The molecule has 6 heteroatoms. The van der Waals surface area contributed by atoms with E-state index in [9.17, 15) is 8.42 Å². The van der Waals surface area contributed by atoms with E-state index in [1.54, 1.807) is 0 Å². The zero-order valence-electron chi connectivity index (χ0n) is 10.9. The molecule has 1 saturated heterocycles. The summed E-state index contributed by atoms with van der Waals surface area (Å²) in [6, 6.07) is 5.68. The molecule has 1 aliphatic rings. The van der Waals surface area contributed by atoms with Crippen molar-refractivity contribution in [2.24, 2.45) is 0 Å². The first-order valence-corrected chi connectivity index (χ1v) is 8.49. The molecule has 0 aromatic heterocycles. The third-order valence-electron chi connectivity index (χ3n) is 3.11. The molecular formula is C13H18ClNO3S. The predicted molar refractivity (Wildman–Crippen MR) is 76.7 cm³/mol. The van der Waals surface area contributed by atoms with Crippen LogP contribution < -0.4 is 10.1 Å². The Bertz CT molecular complexity index is 545. The SMILES string of the molecule is Cc1ccc(Cl)c(OCCNC2CCS(=O)(=O)C2)c1. The summed E-state index contributed by atoms with van der Waals surface area (Å²) in [5, 5.41) is 3.79. The van der Waals surface area contributed by atoms with Gasteiger partial charge in [0.1, 0.15) is 12.4 Å². The van der Waals surface area contributed by atoms with Gasteiger partial charge in [0, 0.05) is 12.6 Å². The molecule has 1 aromatic carbocycles. The van der Waals surface area contributed by atoms with Crippen LogP contribution in [-0.2, 0) is 9.84 Å². The molecule has 1 N–H and O–H groups in total. The largest absolute Gasteiger partial charge is 0.491 e. The first-order chi connectivity index (χ1) is 8.96. The highest BCUT2D eigenvalue weighted by Crippen LogP contribution is 2.24. The molecule has 0 radical (unpaired) electrons. The molecule has 1 fully saturated rings. The van der Waals surface area contributed by atoms with Gasteiger partial charge in [0.05, 0.1) is 16.5 Å². The van der Waals surface area contributed by atoms with Gasteiger partial charge >= 0.3 is 0 Å². The van der Waals surface area contributed by atoms with Gasteiger partial charge in [0.2, 0.25) is 0 Å². The predicted octanol–water partition coefficient (Wildman–Crippen LogP) is 1.80. The number of hydrogen-bond donors (Lipinski definition) is 1. The highest BCUT2D eigenvalue weighted by Gasteiger charge is 2.27. The first-order valence-electron chi connectivity index (χ1n) is 6.29. The van der Waals surface area contributed by atoms with E-state index in [-0.39, 0.29) is 17.5 Å². The number of nitrogens with one attached hydrogen (secondary N) is 1. The molecule has 106 valence electrons. The van der Waals surface area contributed by atoms with Crippen molar-refractivity contribution in [1.29, 1.82) is 0 Å². The van der Waals surface area contributed by atoms with Crippen LogP contribution in [0.15, 0.2) is 18.2 Å². The molecule has 1 aromatic rings. The maximum absolute atomic E-state index is 11.3. The van der Waals surface area contributed by atoms with Gasteiger partial charge in [-0.2, -0.15) is 0 Å². The minimum absolute atomic E-state index is 0.0570. The quantitative estimate of drug-likeness (QED) is 0.843. The van der Waals surface area contributed by atoms with Crippen molar-refractivity contribution in [2.75, 3.05) is 24.7 Å². The summed E-state index contributed by atoms with van der Waals surface area (Å²) in [6.45, 7) is 3.06. The Morgan fingerprint density at radius 1 is 1.47 bits per heavy atom. The molecule has 0 aliphatic carbocycles. The van der Waals surface area contributed by atoms with Crippen LogP contribution in [0.25, 0.3) is 0 Å². The molecule has 0 bridgehead atoms. The number of halogens is 1. The second-order valence-corrected chi connectivity index (χ2v) is 7.47. The highest BCUT2D eigenvalue weighted by molar-refractivity contribution is 7.91. The Hall–Kier alpha value is -0.780. The minimum atomic E-state index is -2.82. The van der Waals surface area contributed by atoms with E-state index in [1.807, 2.05) is 25.1 Å². The van der Waals surface area contributed by atoms with Crippen molar-refractivity contribution in [3.05, 3.63) is 28.8 Å². The molecule has 4 nitrogen and oxygen atoms in total. The van der Waals surface area contributed by atoms with Crippen molar-refractivity contribution in [3.63, 3.8) is 0 Å². The summed E-state index contributed by atoms with van der Waals surface area (Å²) in [5.74, 6) is 1.19. The van der Waals surface area contributed by atoms with Crippen molar-refractivity contribution >= 4 is 21.4 Å². The second kappa shape index (κ2) is 6.11. The topological polar surface area (TPSA) is 55.4 Å². The summed E-state index contributed by atoms with van der Waals surface area (Å²) < 4.78 is 28.2. The average molecular weight is 304 g/mol. The van der Waals surface area contributed by atoms with Gasteiger partial charge in [-0.15, -0.1) is 0 Å². The summed E-state index contributed by atoms with van der Waals surface area (Å²) in [7, 11) is -2.82. The number of benzene rings is 1. The van der Waals surface area contributed by atoms with Gasteiger partial charge in [-0.3, -0.25) is 0 Å². The van der Waals surface area contributed by atoms with Crippen molar-refractivity contribution in [1.82, 2.24) is 5.32 Å². The lowest BCUT2D eigenvalue weighted by Crippen LogP contribution is -2.33. The van der Waals surface area contributed by atoms with Crippen LogP contribution in [0.2, 0.25) is 5.02 Å². The van der Waals surface area contributed by atoms with E-state index >= 15 is 0 Å². The van der Waals surface area contributed by atoms with E-state index < -0.39 is 9.84 Å². The summed E-state index contributed by atoms with van der Waals surface area (Å²) in [4.78, 5) is 0. The Labute approximate surface area is 119 Å². The molecule has 19 heavy (non-hydrogen) atoms. The van der Waals surface area contributed by atoms with Crippen LogP contribution in [0.1, 0.15) is 12.0 Å². The van der Waals surface area contributed by atoms with Crippen LogP contribution in [-0.4, -0.2) is 39.1 Å². The average Bonchev–Trinajstić information content (AvgIpc) is 2.69. The van der Waals surface area contributed by atoms with E-state index in [2.05, 4.69) is 5.32 Å². The Balaban J connectivity index is 1.74. The fourth-order valence-electron chi connectivity index (χ4n) is 2.10. The summed E-state index contributed by atoms with van der Waals surface area (Å²) >= 11 is 6.01. The van der Waals surface area contributed by atoms with Crippen LogP contribution in [0.5, 0.6) is 5.75 Å². The Morgan fingerprint density at radius 2 is 2.26 bits per heavy atom. The van der Waals surface area contributed by atoms with Gasteiger partial charge < -0.3 is 10.1 Å². The van der Waals surface area contributed by atoms with Crippen molar-refractivity contribution < 1.29 is 13.2 Å². The number of aryl methyl sites for hydroxylation is 1. The normalized spacial score (nSPS) is 21.5. The van der Waals surface area contributed by atoms with Crippen LogP contribution in [0.3, 0.4) is 0 Å². The van der Waals surface area contributed by atoms with Gasteiger partial charge in [-0.25, -0.2) is 8.42 Å². The molecular weight excluding hydrogens is 286 g/mol. The third-order valence-corrected chi connectivity index (χ3v) is 5.19. The fraction of sp³-hybridized carbons (Fsp3) is 0.538. The number of hydrogen-bond acceptors (Lipinski definition) is 4. The van der Waals surface area contributed by atoms with Gasteiger partial charge in [0.25, 0.3) is 0 Å². The van der Waals surface area contributed by atoms with Gasteiger partial charge in [-0.1, -0.05) is 17.7 Å². The third kappa shape index (κ3) is 4.37. The monoisotopic (exact) mass is 303 g/mol. The lowest BCUT2D eigenvalue weighted by molar-refractivity contribution is 0.307. The lowest BCUT2D eigenvalue weighted by atomic mass is 10.2. The molecule has 2 rings (SSSR count). The second-order valence-electron chi connectivity index (χ2n) is 4.84. The van der Waals surface area contributed by atoms with Crippen molar-refractivity contribution in [2.45, 2.75) is 19.4 Å². The number of rotatable bonds is 5. The summed E-state index contributed by atoms with van der Waals surface area (Å²) in [5.41, 5.74) is 1.09. The molecule has 0 amide bonds. The van der Waals surface area contributed by atoms with E-state index in [0.29, 0.717) is 30.3 Å². The van der Waals surface area contributed by atoms with Crippen molar-refractivity contribution in [3.8, 4) is 5.75 Å². The maximum Gasteiger partial charge on any atom is 0.151 e. The maximum atomic E-state index is 11.3. The van der Waals surface area contributed by atoms with Gasteiger partial charge in [0.15, 0.2) is 9.84 Å². The van der Waals surface area contributed by atoms with Crippen LogP contribution in [0.4, 0.5) is 0 Å². The molecule has 1 heterocycles. The number of ether oxygens (including phenoxy) is 1. The molecule has 1 atom stereocenters. The van der Waals surface area contributed by atoms with Gasteiger partial charge in [-0.05, 0) is 31.0 Å². The van der Waals surface area contributed by atoms with E-state index in [0.717, 1.165) is 5.56 Å². The fourth-order valence-corrected chi connectivity index (χ4v) is 3.98. The smallest absolute Gasteiger partial charge is 0.151 e. The summed E-state index contributed by atoms with van der Waals surface area (Å²) in [6.07, 6.45) is 0.688. The van der Waals surface area contributed by atoms with E-state index in [4.69, 9.17) is 16.3 Å².